The molecule has 0 saturated carbocycles. The molecule has 0 radical (unpaired) electrons. The number of nitrogens with zero attached hydrogens (tertiary/aromatic N) is 4. The summed E-state index contributed by atoms with van der Waals surface area (Å²) in [6, 6.07) is 7.04. The van der Waals surface area contributed by atoms with Crippen LogP contribution in [0, 0.1) is 0 Å². The van der Waals surface area contributed by atoms with E-state index in [0.717, 1.165) is 17.4 Å². The average molecular weight is 431 g/mol. The first-order valence-electron chi connectivity index (χ1n) is 10.2. The zero-order valence-corrected chi connectivity index (χ0v) is 18.3. The van der Waals surface area contributed by atoms with Crippen molar-refractivity contribution in [1.82, 2.24) is 18.7 Å². The van der Waals surface area contributed by atoms with Crippen LogP contribution in [-0.4, -0.2) is 50.2 Å². The number of aryl methyl sites for hydroxylation is 1. The molecule has 0 aliphatic heterocycles. The molecule has 2 N–H and O–H groups in total. The molecule has 10 nitrogen and oxygen atoms in total. The molecule has 2 heterocycles. The summed E-state index contributed by atoms with van der Waals surface area (Å²) in [6.45, 7) is 2.83. The van der Waals surface area contributed by atoms with Crippen molar-refractivity contribution in [1.29, 1.82) is 0 Å². The van der Waals surface area contributed by atoms with Gasteiger partial charge in [-0.05, 0) is 30.7 Å². The number of hydrogen-bond acceptors (Lipinski definition) is 7. The lowest BCUT2D eigenvalue weighted by Crippen LogP contribution is -2.38. The van der Waals surface area contributed by atoms with E-state index in [1.54, 1.807) is 43.0 Å². The van der Waals surface area contributed by atoms with Gasteiger partial charge in [-0.25, -0.2) is 4.79 Å². The molecule has 0 saturated heterocycles. The number of hydrogen-bond donors (Lipinski definition) is 2. The second-order valence-corrected chi connectivity index (χ2v) is 7.34. The van der Waals surface area contributed by atoms with Crippen LogP contribution in [0.1, 0.15) is 19.8 Å². The van der Waals surface area contributed by atoms with Gasteiger partial charge in [0.15, 0.2) is 11.2 Å². The molecule has 10 heteroatoms. The highest BCUT2D eigenvalue weighted by Crippen LogP contribution is 2.19. The highest BCUT2D eigenvalue weighted by atomic mass is 16.5. The van der Waals surface area contributed by atoms with E-state index in [1.807, 2.05) is 0 Å². The first-order valence-corrected chi connectivity index (χ1v) is 10.2. The maximum atomic E-state index is 12.8. The van der Waals surface area contributed by atoms with Crippen molar-refractivity contribution >= 4 is 17.1 Å². The molecular weight excluding hydrogens is 402 g/mol. The van der Waals surface area contributed by atoms with E-state index in [-0.39, 0.29) is 24.3 Å². The number of unbranched alkanes of at least 4 members (excludes halogenated alkanes) is 1. The van der Waals surface area contributed by atoms with Gasteiger partial charge in [-0.1, -0.05) is 13.3 Å². The average Bonchev–Trinajstić information content (AvgIpc) is 3.13. The minimum Gasteiger partial charge on any atom is -0.497 e. The molecule has 3 aromatic rings. The Hall–Kier alpha value is -3.27. The Morgan fingerprint density at radius 1 is 1.13 bits per heavy atom. The van der Waals surface area contributed by atoms with Crippen LogP contribution in [0.5, 0.6) is 11.5 Å². The molecule has 0 bridgehead atoms. The third-order valence-corrected chi connectivity index (χ3v) is 5.06. The van der Waals surface area contributed by atoms with Gasteiger partial charge in [-0.3, -0.25) is 13.9 Å². The van der Waals surface area contributed by atoms with E-state index in [2.05, 4.69) is 17.2 Å². The van der Waals surface area contributed by atoms with Crippen molar-refractivity contribution in [2.45, 2.75) is 32.4 Å². The van der Waals surface area contributed by atoms with Crippen LogP contribution in [0.15, 0.2) is 33.9 Å². The minimum absolute atomic E-state index is 0.0203. The molecule has 0 amide bonds. The van der Waals surface area contributed by atoms with Gasteiger partial charge >= 0.3 is 5.69 Å². The highest BCUT2D eigenvalue weighted by molar-refractivity contribution is 5.74. The first-order chi connectivity index (χ1) is 14.9. The van der Waals surface area contributed by atoms with E-state index < -0.39 is 17.4 Å². The number of benzene rings is 1. The quantitative estimate of drug-likeness (QED) is 0.462. The normalized spacial score (nSPS) is 12.2. The molecule has 168 valence electrons. The molecular formula is C21H29N5O5. The zero-order valence-electron chi connectivity index (χ0n) is 18.3. The fourth-order valence-corrected chi connectivity index (χ4v) is 3.26. The SMILES string of the molecule is CCCCNc1nc2c(c(=O)n(C)c(=O)n2C)n1C[C@@H](O)COc1ccc(OC)cc1. The van der Waals surface area contributed by atoms with Crippen LogP contribution < -0.4 is 26.0 Å². The third-order valence-electron chi connectivity index (χ3n) is 5.06. The summed E-state index contributed by atoms with van der Waals surface area (Å²) in [5, 5.41) is 13.8. The summed E-state index contributed by atoms with van der Waals surface area (Å²) in [7, 11) is 4.58. The van der Waals surface area contributed by atoms with Crippen LogP contribution in [0.2, 0.25) is 0 Å². The molecule has 0 spiro atoms. The lowest BCUT2D eigenvalue weighted by molar-refractivity contribution is 0.0938. The number of aromatic nitrogens is 4. The molecule has 31 heavy (non-hydrogen) atoms. The van der Waals surface area contributed by atoms with E-state index in [0.29, 0.717) is 24.0 Å². The van der Waals surface area contributed by atoms with Gasteiger partial charge in [0.05, 0.1) is 13.7 Å². The van der Waals surface area contributed by atoms with Crippen molar-refractivity contribution in [3.8, 4) is 11.5 Å². The number of imidazole rings is 1. The van der Waals surface area contributed by atoms with Crippen LogP contribution in [0.25, 0.3) is 11.2 Å². The molecule has 2 aromatic heterocycles. The Labute approximate surface area is 179 Å². The van der Waals surface area contributed by atoms with Crippen LogP contribution >= 0.6 is 0 Å². The lowest BCUT2D eigenvalue weighted by atomic mass is 10.3. The highest BCUT2D eigenvalue weighted by Gasteiger charge is 2.21. The van der Waals surface area contributed by atoms with Crippen molar-refractivity contribution < 1.29 is 14.6 Å². The fourth-order valence-electron chi connectivity index (χ4n) is 3.26. The molecule has 0 unspecified atom stereocenters. The summed E-state index contributed by atoms with van der Waals surface area (Å²) in [6.07, 6.45) is 1.00. The zero-order chi connectivity index (χ0) is 22.5. The van der Waals surface area contributed by atoms with Gasteiger partial charge < -0.3 is 24.5 Å². The summed E-state index contributed by atoms with van der Waals surface area (Å²) < 4.78 is 14.8. The molecule has 0 aliphatic rings. The van der Waals surface area contributed by atoms with Gasteiger partial charge in [0, 0.05) is 20.6 Å². The molecule has 3 rings (SSSR count). The Bertz CT molecular complexity index is 1150. The number of anilines is 1. The van der Waals surface area contributed by atoms with Gasteiger partial charge in [-0.15, -0.1) is 0 Å². The number of aliphatic hydroxyl groups is 1. The summed E-state index contributed by atoms with van der Waals surface area (Å²) >= 11 is 0. The van der Waals surface area contributed by atoms with Gasteiger partial charge in [-0.2, -0.15) is 4.98 Å². The largest absolute Gasteiger partial charge is 0.497 e. The number of aliphatic hydroxyl groups excluding tert-OH is 1. The first kappa shape index (κ1) is 22.4. The Kier molecular flexibility index (Phi) is 7.01. The van der Waals surface area contributed by atoms with E-state index in [9.17, 15) is 14.7 Å². The van der Waals surface area contributed by atoms with E-state index in [1.165, 1.54) is 11.6 Å². The molecule has 0 aliphatic carbocycles. The van der Waals surface area contributed by atoms with Crippen molar-refractivity contribution in [2.24, 2.45) is 14.1 Å². The summed E-state index contributed by atoms with van der Waals surface area (Å²) in [4.78, 5) is 29.6. The van der Waals surface area contributed by atoms with Crippen LogP contribution in [0.4, 0.5) is 5.95 Å². The lowest BCUT2D eigenvalue weighted by Gasteiger charge is -2.16. The van der Waals surface area contributed by atoms with Crippen molar-refractivity contribution in [3.63, 3.8) is 0 Å². The smallest absolute Gasteiger partial charge is 0.332 e. The van der Waals surface area contributed by atoms with Gasteiger partial charge in [0.1, 0.15) is 24.2 Å². The Balaban J connectivity index is 1.88. The van der Waals surface area contributed by atoms with Crippen LogP contribution in [-0.2, 0) is 20.6 Å². The van der Waals surface area contributed by atoms with E-state index >= 15 is 0 Å². The van der Waals surface area contributed by atoms with E-state index in [4.69, 9.17) is 9.47 Å². The molecule has 1 atom stereocenters. The maximum Gasteiger partial charge on any atom is 0.332 e. The number of nitrogens with one attached hydrogen (secondary N) is 1. The maximum absolute atomic E-state index is 12.8. The summed E-state index contributed by atoms with van der Waals surface area (Å²) in [5.74, 6) is 1.74. The molecule has 0 fully saturated rings. The standard InChI is InChI=1S/C21H29N5O5/c1-5-6-11-22-20-23-18-17(19(28)25(3)21(29)24(18)2)26(20)12-14(27)13-31-16-9-7-15(30-4)8-10-16/h7-10,14,27H,5-6,11-13H2,1-4H3,(H,22,23)/t14-/m1/s1. The summed E-state index contributed by atoms with van der Waals surface area (Å²) in [5.41, 5.74) is -0.384. The second-order valence-electron chi connectivity index (χ2n) is 7.34. The predicted molar refractivity (Wildman–Crippen MR) is 118 cm³/mol. The minimum atomic E-state index is -0.909. The van der Waals surface area contributed by atoms with Crippen LogP contribution in [0.3, 0.4) is 0 Å². The third kappa shape index (κ3) is 4.74. The van der Waals surface area contributed by atoms with Gasteiger partial charge in [0.25, 0.3) is 5.56 Å². The van der Waals surface area contributed by atoms with Crippen molar-refractivity contribution in [2.75, 3.05) is 25.6 Å². The monoisotopic (exact) mass is 431 g/mol. The second kappa shape index (κ2) is 9.69. The number of fused-ring (bicyclic) bond motifs is 1. The Morgan fingerprint density at radius 2 is 1.81 bits per heavy atom. The van der Waals surface area contributed by atoms with Crippen molar-refractivity contribution in [3.05, 3.63) is 45.1 Å². The predicted octanol–water partition coefficient (Wildman–Crippen LogP) is 1.09. The number of rotatable bonds is 10. The van der Waals surface area contributed by atoms with Gasteiger partial charge in [0.2, 0.25) is 5.95 Å². The number of ether oxygens (including phenoxy) is 2. The number of methoxy groups -OCH3 is 1. The molecule has 1 aromatic carbocycles. The Morgan fingerprint density at radius 3 is 2.45 bits per heavy atom. The topological polar surface area (TPSA) is 113 Å². The fraction of sp³-hybridized carbons (Fsp3) is 0.476.